The Morgan fingerprint density at radius 3 is 2.55 bits per heavy atom. The van der Waals surface area contributed by atoms with Gasteiger partial charge in [-0.2, -0.15) is 0 Å². The fourth-order valence-corrected chi connectivity index (χ4v) is 3.44. The summed E-state index contributed by atoms with van der Waals surface area (Å²) in [6.07, 6.45) is 4.20. The predicted octanol–water partition coefficient (Wildman–Crippen LogP) is 0.958. The number of rotatable bonds is 11. The lowest BCUT2D eigenvalue weighted by Crippen LogP contribution is -2.51. The van der Waals surface area contributed by atoms with E-state index in [9.17, 15) is 19.2 Å². The maximum absolute atomic E-state index is 12.9. The van der Waals surface area contributed by atoms with E-state index >= 15 is 0 Å². The van der Waals surface area contributed by atoms with E-state index in [-0.39, 0.29) is 36.6 Å². The van der Waals surface area contributed by atoms with Crippen molar-refractivity contribution in [3.8, 4) is 0 Å². The van der Waals surface area contributed by atoms with Crippen LogP contribution >= 0.6 is 0 Å². The van der Waals surface area contributed by atoms with E-state index in [4.69, 9.17) is 5.21 Å². The van der Waals surface area contributed by atoms with Crippen LogP contribution in [0, 0.1) is 11.8 Å². The van der Waals surface area contributed by atoms with Crippen LogP contribution in [0.3, 0.4) is 0 Å². The van der Waals surface area contributed by atoms with E-state index in [1.54, 1.807) is 5.48 Å². The molecule has 9 heteroatoms. The maximum atomic E-state index is 12.9. The Hall–Kier alpha value is -2.16. The molecule has 9 nitrogen and oxygen atoms in total. The van der Waals surface area contributed by atoms with Crippen LogP contribution < -0.4 is 16.1 Å². The zero-order chi connectivity index (χ0) is 21.8. The van der Waals surface area contributed by atoms with Crippen LogP contribution in [0.2, 0.25) is 0 Å². The number of likely N-dealkylation sites (tertiary alicyclic amines) is 1. The molecule has 4 amide bonds. The summed E-state index contributed by atoms with van der Waals surface area (Å²) in [5.41, 5.74) is 1.56. The van der Waals surface area contributed by atoms with Gasteiger partial charge in [0.15, 0.2) is 0 Å². The molecular formula is C20H36N4O5. The highest BCUT2D eigenvalue weighted by Gasteiger charge is 2.32. The summed E-state index contributed by atoms with van der Waals surface area (Å²) in [6.45, 7) is 6.96. The summed E-state index contributed by atoms with van der Waals surface area (Å²) in [6, 6.07) is -0.708. The van der Waals surface area contributed by atoms with E-state index in [0.717, 1.165) is 25.7 Å². The molecule has 1 aliphatic rings. The van der Waals surface area contributed by atoms with Crippen LogP contribution in [0.4, 0.5) is 0 Å². The third-order valence-electron chi connectivity index (χ3n) is 4.97. The summed E-state index contributed by atoms with van der Waals surface area (Å²) in [5.74, 6) is -1.94. The molecule has 0 aliphatic carbocycles. The Kier molecular flexibility index (Phi) is 11.3. The molecular weight excluding hydrogens is 376 g/mol. The first kappa shape index (κ1) is 24.9. The number of carbonyl (C=O) groups is 4. The third kappa shape index (κ3) is 9.25. The Morgan fingerprint density at radius 2 is 1.93 bits per heavy atom. The second-order valence-corrected chi connectivity index (χ2v) is 8.09. The van der Waals surface area contributed by atoms with Crippen LogP contribution in [0.25, 0.3) is 0 Å². The van der Waals surface area contributed by atoms with Crippen molar-refractivity contribution in [2.24, 2.45) is 11.8 Å². The average Bonchev–Trinajstić information content (AvgIpc) is 2.83. The Balaban J connectivity index is 2.73. The van der Waals surface area contributed by atoms with Gasteiger partial charge in [0.25, 0.3) is 0 Å². The van der Waals surface area contributed by atoms with Crippen molar-refractivity contribution in [2.45, 2.75) is 71.8 Å². The highest BCUT2D eigenvalue weighted by Crippen LogP contribution is 2.18. The molecule has 1 fully saturated rings. The van der Waals surface area contributed by atoms with E-state index in [1.165, 1.54) is 4.90 Å². The zero-order valence-corrected chi connectivity index (χ0v) is 17.8. The molecule has 4 N–H and O–H groups in total. The molecule has 1 aliphatic heterocycles. The summed E-state index contributed by atoms with van der Waals surface area (Å²) in [4.78, 5) is 50.8. The topological polar surface area (TPSA) is 128 Å². The zero-order valence-electron chi connectivity index (χ0n) is 17.8. The smallest absolute Gasteiger partial charge is 0.245 e. The van der Waals surface area contributed by atoms with Crippen LogP contribution in [-0.4, -0.2) is 59.4 Å². The molecule has 0 spiro atoms. The van der Waals surface area contributed by atoms with Gasteiger partial charge in [-0.15, -0.1) is 0 Å². The lowest BCUT2D eigenvalue weighted by atomic mass is 9.92. The van der Waals surface area contributed by atoms with E-state index in [2.05, 4.69) is 10.6 Å². The summed E-state index contributed by atoms with van der Waals surface area (Å²) >= 11 is 0. The lowest BCUT2D eigenvalue weighted by Gasteiger charge is -2.26. The number of amides is 4. The van der Waals surface area contributed by atoms with Gasteiger partial charge in [-0.05, 0) is 38.0 Å². The van der Waals surface area contributed by atoms with Crippen molar-refractivity contribution < 1.29 is 24.4 Å². The standard InChI is InChI=1S/C20H36N4O5/c1-4-5-9-21-18(26)13-24-10-7-6-8-16(20(24)28)22-19(27)15(11-14(2)3)12-17(25)23-29/h14-16,29H,4-13H2,1-3H3,(H,21,26)(H,22,27)(H,23,25)/t15?,16-/m0/s1. The van der Waals surface area contributed by atoms with Gasteiger partial charge in [-0.1, -0.05) is 27.2 Å². The van der Waals surface area contributed by atoms with Gasteiger partial charge in [-0.3, -0.25) is 24.4 Å². The van der Waals surface area contributed by atoms with E-state index in [0.29, 0.717) is 25.9 Å². The highest BCUT2D eigenvalue weighted by atomic mass is 16.5. The van der Waals surface area contributed by atoms with Gasteiger partial charge in [0.1, 0.15) is 6.04 Å². The maximum Gasteiger partial charge on any atom is 0.245 e. The van der Waals surface area contributed by atoms with Gasteiger partial charge in [0.05, 0.1) is 6.54 Å². The van der Waals surface area contributed by atoms with Crippen molar-refractivity contribution in [3.63, 3.8) is 0 Å². The number of hydroxylamine groups is 1. The molecule has 1 heterocycles. The lowest BCUT2D eigenvalue weighted by molar-refractivity contribution is -0.140. The molecule has 29 heavy (non-hydrogen) atoms. The first-order valence-corrected chi connectivity index (χ1v) is 10.6. The molecule has 0 radical (unpaired) electrons. The van der Waals surface area contributed by atoms with Gasteiger partial charge >= 0.3 is 0 Å². The minimum atomic E-state index is -0.708. The molecule has 0 aromatic heterocycles. The van der Waals surface area contributed by atoms with Crippen LogP contribution in [0.5, 0.6) is 0 Å². The monoisotopic (exact) mass is 412 g/mol. The quantitative estimate of drug-likeness (QED) is 0.228. The molecule has 1 unspecified atom stereocenters. The van der Waals surface area contributed by atoms with E-state index in [1.807, 2.05) is 20.8 Å². The number of nitrogens with zero attached hydrogens (tertiary/aromatic N) is 1. The van der Waals surface area contributed by atoms with E-state index < -0.39 is 17.9 Å². The molecule has 1 saturated heterocycles. The largest absolute Gasteiger partial charge is 0.355 e. The van der Waals surface area contributed by atoms with Crippen molar-refractivity contribution in [1.29, 1.82) is 0 Å². The Labute approximate surface area is 172 Å². The summed E-state index contributed by atoms with van der Waals surface area (Å²) in [7, 11) is 0. The SMILES string of the molecule is CCCCNC(=O)CN1CCCC[C@H](NC(=O)C(CC(=O)NO)CC(C)C)C1=O. The van der Waals surface area contributed by atoms with Crippen molar-refractivity contribution >= 4 is 23.6 Å². The molecule has 166 valence electrons. The second-order valence-electron chi connectivity index (χ2n) is 8.09. The minimum Gasteiger partial charge on any atom is -0.355 e. The number of unbranched alkanes of at least 4 members (excludes halogenated alkanes) is 1. The molecule has 1 rings (SSSR count). The van der Waals surface area contributed by atoms with Gasteiger partial charge in [-0.25, -0.2) is 5.48 Å². The number of hydrogen-bond acceptors (Lipinski definition) is 5. The highest BCUT2D eigenvalue weighted by molar-refractivity contribution is 5.92. The summed E-state index contributed by atoms with van der Waals surface area (Å²) < 4.78 is 0. The third-order valence-corrected chi connectivity index (χ3v) is 4.97. The number of hydrogen-bond donors (Lipinski definition) is 4. The normalized spacial score (nSPS) is 18.2. The first-order valence-electron chi connectivity index (χ1n) is 10.6. The van der Waals surface area contributed by atoms with Gasteiger partial charge in [0, 0.05) is 25.4 Å². The number of nitrogens with one attached hydrogen (secondary N) is 3. The van der Waals surface area contributed by atoms with Gasteiger partial charge in [0.2, 0.25) is 23.6 Å². The fraction of sp³-hybridized carbons (Fsp3) is 0.800. The Morgan fingerprint density at radius 1 is 1.21 bits per heavy atom. The molecule has 0 aromatic carbocycles. The Bertz CT molecular complexity index is 567. The molecule has 2 atom stereocenters. The summed E-state index contributed by atoms with van der Waals surface area (Å²) in [5, 5.41) is 14.3. The fourth-order valence-electron chi connectivity index (χ4n) is 3.44. The molecule has 0 aromatic rings. The average molecular weight is 413 g/mol. The van der Waals surface area contributed by atoms with Crippen molar-refractivity contribution in [1.82, 2.24) is 21.0 Å². The van der Waals surface area contributed by atoms with Gasteiger partial charge < -0.3 is 15.5 Å². The van der Waals surface area contributed by atoms with Crippen molar-refractivity contribution in [2.75, 3.05) is 19.6 Å². The first-order chi connectivity index (χ1) is 13.8. The number of carbonyl (C=O) groups excluding carboxylic acids is 4. The van der Waals surface area contributed by atoms with Crippen LogP contribution in [-0.2, 0) is 19.2 Å². The van der Waals surface area contributed by atoms with Crippen LogP contribution in [0.1, 0.15) is 65.7 Å². The predicted molar refractivity (Wildman–Crippen MR) is 108 cm³/mol. The van der Waals surface area contributed by atoms with Crippen LogP contribution in [0.15, 0.2) is 0 Å². The molecule has 0 saturated carbocycles. The minimum absolute atomic E-state index is 0.0166. The molecule has 0 bridgehead atoms. The second kappa shape index (κ2) is 13.1. The van der Waals surface area contributed by atoms with Crippen molar-refractivity contribution in [3.05, 3.63) is 0 Å².